The van der Waals surface area contributed by atoms with Crippen LogP contribution in [0.15, 0.2) is 4.52 Å². The number of aromatic nitrogens is 2. The van der Waals surface area contributed by atoms with Gasteiger partial charge < -0.3 is 10.3 Å². The third-order valence-electron chi connectivity index (χ3n) is 2.86. The Morgan fingerprint density at radius 3 is 2.71 bits per heavy atom. The van der Waals surface area contributed by atoms with Gasteiger partial charge in [0.1, 0.15) is 0 Å². The van der Waals surface area contributed by atoms with Crippen LogP contribution in [0.4, 0.5) is 0 Å². The average molecular weight is 195 g/mol. The van der Waals surface area contributed by atoms with E-state index < -0.39 is 0 Å². The number of hydrogen-bond donors (Lipinski definition) is 1. The van der Waals surface area contributed by atoms with Gasteiger partial charge in [0.15, 0.2) is 5.82 Å². The van der Waals surface area contributed by atoms with Crippen molar-refractivity contribution < 1.29 is 4.52 Å². The fourth-order valence-electron chi connectivity index (χ4n) is 1.93. The van der Waals surface area contributed by atoms with Gasteiger partial charge in [-0.3, -0.25) is 0 Å². The lowest BCUT2D eigenvalue weighted by Gasteiger charge is -2.08. The predicted octanol–water partition coefficient (Wildman–Crippen LogP) is 1.79. The Kier molecular flexibility index (Phi) is 2.54. The lowest BCUT2D eigenvalue weighted by atomic mass is 10.0. The van der Waals surface area contributed by atoms with Gasteiger partial charge in [0.25, 0.3) is 0 Å². The van der Waals surface area contributed by atoms with Gasteiger partial charge in [-0.2, -0.15) is 4.98 Å². The zero-order valence-electron chi connectivity index (χ0n) is 8.73. The second kappa shape index (κ2) is 3.69. The topological polar surface area (TPSA) is 64.9 Å². The van der Waals surface area contributed by atoms with Crippen LogP contribution >= 0.6 is 0 Å². The first-order chi connectivity index (χ1) is 6.68. The molecule has 2 atom stereocenters. The van der Waals surface area contributed by atoms with Crippen molar-refractivity contribution in [3.8, 4) is 0 Å². The molecule has 1 saturated carbocycles. The van der Waals surface area contributed by atoms with Crippen molar-refractivity contribution in [1.82, 2.24) is 10.1 Å². The molecule has 1 fully saturated rings. The van der Waals surface area contributed by atoms with E-state index >= 15 is 0 Å². The third kappa shape index (κ3) is 1.66. The number of nitrogens with two attached hydrogens (primary N) is 1. The second-order valence-electron chi connectivity index (χ2n) is 4.35. The fraction of sp³-hybridized carbons (Fsp3) is 0.800. The molecule has 1 aliphatic carbocycles. The monoisotopic (exact) mass is 195 g/mol. The summed E-state index contributed by atoms with van der Waals surface area (Å²) < 4.78 is 5.24. The summed E-state index contributed by atoms with van der Waals surface area (Å²) in [7, 11) is 0. The van der Waals surface area contributed by atoms with Crippen molar-refractivity contribution in [2.75, 3.05) is 0 Å². The molecule has 0 aromatic carbocycles. The van der Waals surface area contributed by atoms with Gasteiger partial charge in [0.2, 0.25) is 5.89 Å². The molecule has 0 unspecified atom stereocenters. The van der Waals surface area contributed by atoms with Crippen molar-refractivity contribution in [3.05, 3.63) is 11.7 Å². The summed E-state index contributed by atoms with van der Waals surface area (Å²) in [5, 5.41) is 3.95. The van der Waals surface area contributed by atoms with Crippen molar-refractivity contribution in [2.45, 2.75) is 51.0 Å². The van der Waals surface area contributed by atoms with E-state index in [1.807, 2.05) is 0 Å². The molecule has 0 saturated heterocycles. The second-order valence-corrected chi connectivity index (χ2v) is 4.35. The van der Waals surface area contributed by atoms with Gasteiger partial charge in [0, 0.05) is 12.0 Å². The normalized spacial score (nSPS) is 27.4. The van der Waals surface area contributed by atoms with Crippen LogP contribution in [0, 0.1) is 0 Å². The van der Waals surface area contributed by atoms with Crippen LogP contribution in [0.25, 0.3) is 0 Å². The maximum Gasteiger partial charge on any atom is 0.231 e. The van der Waals surface area contributed by atoms with E-state index in [9.17, 15) is 0 Å². The summed E-state index contributed by atoms with van der Waals surface area (Å²) in [4.78, 5) is 4.38. The number of hydrogen-bond acceptors (Lipinski definition) is 4. The Labute approximate surface area is 83.9 Å². The van der Waals surface area contributed by atoms with Gasteiger partial charge in [-0.1, -0.05) is 25.4 Å². The van der Waals surface area contributed by atoms with Crippen molar-refractivity contribution in [2.24, 2.45) is 5.73 Å². The highest BCUT2D eigenvalue weighted by Gasteiger charge is 2.30. The molecular weight excluding hydrogens is 178 g/mol. The molecule has 1 aromatic heterocycles. The van der Waals surface area contributed by atoms with Gasteiger partial charge in [-0.05, 0) is 12.8 Å². The van der Waals surface area contributed by atoms with Crippen molar-refractivity contribution in [1.29, 1.82) is 0 Å². The Morgan fingerprint density at radius 2 is 2.21 bits per heavy atom. The average Bonchev–Trinajstić information content (AvgIpc) is 2.71. The first-order valence-electron chi connectivity index (χ1n) is 5.27. The summed E-state index contributed by atoms with van der Waals surface area (Å²) >= 11 is 0. The fourth-order valence-corrected chi connectivity index (χ4v) is 1.93. The molecule has 2 rings (SSSR count). The zero-order valence-corrected chi connectivity index (χ0v) is 8.73. The van der Waals surface area contributed by atoms with Crippen molar-refractivity contribution >= 4 is 0 Å². The minimum atomic E-state index is 0.204. The molecule has 14 heavy (non-hydrogen) atoms. The molecule has 1 heterocycles. The quantitative estimate of drug-likeness (QED) is 0.781. The van der Waals surface area contributed by atoms with Crippen LogP contribution in [-0.2, 0) is 0 Å². The van der Waals surface area contributed by atoms with E-state index in [4.69, 9.17) is 10.3 Å². The van der Waals surface area contributed by atoms with Crippen LogP contribution in [0.2, 0.25) is 0 Å². The van der Waals surface area contributed by atoms with Crippen molar-refractivity contribution in [3.63, 3.8) is 0 Å². The third-order valence-corrected chi connectivity index (χ3v) is 2.86. The summed E-state index contributed by atoms with van der Waals surface area (Å²) in [5.74, 6) is 2.14. The van der Waals surface area contributed by atoms with Crippen LogP contribution < -0.4 is 5.73 Å². The highest BCUT2D eigenvalue weighted by atomic mass is 16.5. The Balaban J connectivity index is 2.16. The molecule has 1 aliphatic rings. The van der Waals surface area contributed by atoms with Crippen LogP contribution in [-0.4, -0.2) is 16.2 Å². The maximum atomic E-state index is 5.97. The lowest BCUT2D eigenvalue weighted by molar-refractivity contribution is 0.340. The highest BCUT2D eigenvalue weighted by Crippen LogP contribution is 2.32. The summed E-state index contributed by atoms with van der Waals surface area (Å²) in [5.41, 5.74) is 5.97. The molecule has 0 amide bonds. The molecule has 4 nitrogen and oxygen atoms in total. The van der Waals surface area contributed by atoms with E-state index in [0.717, 1.165) is 24.6 Å². The van der Waals surface area contributed by atoms with Crippen LogP contribution in [0.1, 0.15) is 56.7 Å². The Hall–Kier alpha value is -0.900. The lowest BCUT2D eigenvalue weighted by Crippen LogP contribution is -2.22. The molecule has 0 radical (unpaired) electrons. The number of nitrogens with zero attached hydrogens (tertiary/aromatic N) is 2. The van der Waals surface area contributed by atoms with E-state index in [1.165, 1.54) is 6.42 Å². The van der Waals surface area contributed by atoms with Gasteiger partial charge >= 0.3 is 0 Å². The van der Waals surface area contributed by atoms with E-state index in [2.05, 4.69) is 24.0 Å². The van der Waals surface area contributed by atoms with E-state index in [0.29, 0.717) is 5.92 Å². The molecule has 0 bridgehead atoms. The SMILES string of the molecule is CC(C)c1noc([C@H]2CCC[C@@H]2N)n1. The maximum absolute atomic E-state index is 5.97. The van der Waals surface area contributed by atoms with Crippen LogP contribution in [0.3, 0.4) is 0 Å². The van der Waals surface area contributed by atoms with Gasteiger partial charge in [0.05, 0.1) is 5.92 Å². The zero-order chi connectivity index (χ0) is 10.1. The summed E-state index contributed by atoms with van der Waals surface area (Å²) in [6.07, 6.45) is 3.33. The minimum absolute atomic E-state index is 0.204. The van der Waals surface area contributed by atoms with Gasteiger partial charge in [-0.25, -0.2) is 0 Å². The number of rotatable bonds is 2. The largest absolute Gasteiger partial charge is 0.339 e. The minimum Gasteiger partial charge on any atom is -0.339 e. The highest BCUT2D eigenvalue weighted by molar-refractivity contribution is 5.03. The Morgan fingerprint density at radius 1 is 1.43 bits per heavy atom. The molecular formula is C10H17N3O. The standard InChI is InChI=1S/C10H17N3O/c1-6(2)9-12-10(14-13-9)7-4-3-5-8(7)11/h6-8H,3-5,11H2,1-2H3/t7-,8-/m0/s1. The van der Waals surface area contributed by atoms with Gasteiger partial charge in [-0.15, -0.1) is 0 Å². The molecule has 2 N–H and O–H groups in total. The summed E-state index contributed by atoms with van der Waals surface area (Å²) in [6, 6.07) is 0.204. The first kappa shape index (κ1) is 9.65. The summed E-state index contributed by atoms with van der Waals surface area (Å²) in [6.45, 7) is 4.12. The smallest absolute Gasteiger partial charge is 0.231 e. The molecule has 0 aliphatic heterocycles. The van der Waals surface area contributed by atoms with Crippen LogP contribution in [0.5, 0.6) is 0 Å². The predicted molar refractivity (Wildman–Crippen MR) is 53.0 cm³/mol. The Bertz CT molecular complexity index is 308. The van der Waals surface area contributed by atoms with E-state index in [1.54, 1.807) is 0 Å². The molecule has 4 heteroatoms. The van der Waals surface area contributed by atoms with E-state index in [-0.39, 0.29) is 12.0 Å². The molecule has 78 valence electrons. The molecule has 1 aromatic rings. The molecule has 0 spiro atoms. The first-order valence-corrected chi connectivity index (χ1v) is 5.27.